The molecule has 0 aromatic heterocycles. The number of hydrogen-bond donors (Lipinski definition) is 0. The van der Waals surface area contributed by atoms with Crippen LogP contribution in [0.1, 0.15) is 68.8 Å². The van der Waals surface area contributed by atoms with E-state index in [4.69, 9.17) is 9.47 Å². The Morgan fingerprint density at radius 1 is 0.788 bits per heavy atom. The smallest absolute Gasteiger partial charge is 0.167 e. The minimum atomic E-state index is -1.20. The van der Waals surface area contributed by atoms with Gasteiger partial charge in [-0.15, -0.1) is 6.58 Å². The Balaban J connectivity index is 1.56. The van der Waals surface area contributed by atoms with Gasteiger partial charge >= 0.3 is 0 Å². The van der Waals surface area contributed by atoms with Gasteiger partial charge in [-0.25, -0.2) is 17.6 Å². The summed E-state index contributed by atoms with van der Waals surface area (Å²) < 4.78 is 71.3. The Morgan fingerprint density at radius 3 is 1.76 bits per heavy atom. The molecule has 178 valence electrons. The van der Waals surface area contributed by atoms with E-state index in [1.807, 2.05) is 0 Å². The highest BCUT2D eigenvalue weighted by atomic mass is 19.2. The summed E-state index contributed by atoms with van der Waals surface area (Å²) in [6.07, 6.45) is 5.57. The van der Waals surface area contributed by atoms with Gasteiger partial charge in [0.15, 0.2) is 23.3 Å². The van der Waals surface area contributed by atoms with E-state index < -0.39 is 35.5 Å². The predicted octanol–water partition coefficient (Wildman–Crippen LogP) is 7.83. The maximum absolute atomic E-state index is 15.0. The maximum Gasteiger partial charge on any atom is 0.167 e. The molecule has 4 unspecified atom stereocenters. The van der Waals surface area contributed by atoms with Crippen molar-refractivity contribution in [1.82, 2.24) is 0 Å². The summed E-state index contributed by atoms with van der Waals surface area (Å²) in [4.78, 5) is 0. The first-order valence-corrected chi connectivity index (χ1v) is 11.8. The van der Waals surface area contributed by atoms with Gasteiger partial charge in [0.25, 0.3) is 0 Å². The van der Waals surface area contributed by atoms with Gasteiger partial charge in [-0.1, -0.05) is 43.7 Å². The molecule has 0 bridgehead atoms. The fourth-order valence-electron chi connectivity index (χ4n) is 4.93. The summed E-state index contributed by atoms with van der Waals surface area (Å²) in [6.45, 7) is 6.74. The molecule has 0 amide bonds. The Morgan fingerprint density at radius 2 is 1.33 bits per heavy atom. The minimum Gasteiger partial charge on any atom is -0.373 e. The molecule has 2 aliphatic rings. The van der Waals surface area contributed by atoms with E-state index in [-0.39, 0.29) is 28.2 Å². The van der Waals surface area contributed by atoms with Crippen LogP contribution in [0.4, 0.5) is 17.6 Å². The first-order valence-electron chi connectivity index (χ1n) is 11.8. The zero-order chi connectivity index (χ0) is 23.5. The van der Waals surface area contributed by atoms with Crippen molar-refractivity contribution in [1.29, 1.82) is 0 Å². The molecule has 2 aromatic carbocycles. The lowest BCUT2D eigenvalue weighted by atomic mass is 9.90. The highest BCUT2D eigenvalue weighted by Gasteiger charge is 2.29. The third kappa shape index (κ3) is 4.87. The van der Waals surface area contributed by atoms with Gasteiger partial charge in [-0.3, -0.25) is 0 Å². The van der Waals surface area contributed by atoms with Crippen LogP contribution in [0.2, 0.25) is 0 Å². The summed E-state index contributed by atoms with van der Waals surface area (Å²) in [6, 6.07) is 5.42. The van der Waals surface area contributed by atoms with Gasteiger partial charge < -0.3 is 9.47 Å². The molecule has 2 aliphatic heterocycles. The van der Waals surface area contributed by atoms with Crippen molar-refractivity contribution in [2.45, 2.75) is 57.7 Å². The van der Waals surface area contributed by atoms with E-state index in [1.54, 1.807) is 6.08 Å². The third-order valence-corrected chi connectivity index (χ3v) is 6.92. The molecule has 4 rings (SSSR count). The Bertz CT molecular complexity index is 990. The van der Waals surface area contributed by atoms with Crippen molar-refractivity contribution in [3.05, 3.63) is 71.3 Å². The van der Waals surface area contributed by atoms with Crippen molar-refractivity contribution >= 4 is 0 Å². The van der Waals surface area contributed by atoms with E-state index in [9.17, 15) is 17.6 Å². The average molecular weight is 463 g/mol. The SMILES string of the molecule is C=CC1CCC(c2ccc(-c3ccc(C4CCC(CCC)CO4)c(F)c3F)c(F)c2F)OC1. The second kappa shape index (κ2) is 10.4. The van der Waals surface area contributed by atoms with Crippen LogP contribution in [0, 0.1) is 35.1 Å². The van der Waals surface area contributed by atoms with Gasteiger partial charge in [-0.2, -0.15) is 0 Å². The predicted molar refractivity (Wildman–Crippen MR) is 120 cm³/mol. The molecule has 2 heterocycles. The largest absolute Gasteiger partial charge is 0.373 e. The lowest BCUT2D eigenvalue weighted by molar-refractivity contribution is -0.0214. The number of halogens is 4. The topological polar surface area (TPSA) is 18.5 Å². The Labute approximate surface area is 192 Å². The van der Waals surface area contributed by atoms with Crippen LogP contribution in [-0.4, -0.2) is 13.2 Å². The minimum absolute atomic E-state index is 0.0912. The molecule has 33 heavy (non-hydrogen) atoms. The fraction of sp³-hybridized carbons (Fsp3) is 0.481. The van der Waals surface area contributed by atoms with E-state index >= 15 is 0 Å². The highest BCUT2D eigenvalue weighted by molar-refractivity contribution is 5.66. The van der Waals surface area contributed by atoms with Crippen LogP contribution >= 0.6 is 0 Å². The van der Waals surface area contributed by atoms with Gasteiger partial charge in [-0.05, 0) is 38.0 Å². The molecule has 0 saturated carbocycles. The van der Waals surface area contributed by atoms with Crippen molar-refractivity contribution in [3.8, 4) is 11.1 Å². The van der Waals surface area contributed by atoms with Crippen LogP contribution in [-0.2, 0) is 9.47 Å². The summed E-state index contributed by atoms with van der Waals surface area (Å²) in [5.74, 6) is -3.93. The second-order valence-electron chi connectivity index (χ2n) is 9.11. The van der Waals surface area contributed by atoms with Gasteiger partial charge in [0, 0.05) is 28.2 Å². The normalized spacial score (nSPS) is 25.7. The molecule has 6 heteroatoms. The lowest BCUT2D eigenvalue weighted by Gasteiger charge is -2.29. The molecule has 2 nitrogen and oxygen atoms in total. The molecule has 0 spiro atoms. The Hall–Kier alpha value is -2.18. The number of ether oxygens (including phenoxy) is 2. The van der Waals surface area contributed by atoms with Crippen molar-refractivity contribution in [2.75, 3.05) is 13.2 Å². The summed E-state index contributed by atoms with van der Waals surface area (Å²) in [7, 11) is 0. The standard InChI is InChI=1S/C27H30F4O2/c1-3-5-17-7-13-23(33-15-17)21-11-9-19(25(29)27(21)31)18-8-10-20(26(30)24(18)28)22-12-6-16(4-2)14-32-22/h4,8-11,16-17,22-23H,2-3,5-7,12-15H2,1H3. The monoisotopic (exact) mass is 462 g/mol. The van der Waals surface area contributed by atoms with E-state index in [0.29, 0.717) is 32.0 Å². The Kier molecular flexibility index (Phi) is 7.55. The maximum atomic E-state index is 15.0. The zero-order valence-electron chi connectivity index (χ0n) is 18.9. The zero-order valence-corrected chi connectivity index (χ0v) is 18.9. The van der Waals surface area contributed by atoms with E-state index in [1.165, 1.54) is 24.3 Å². The van der Waals surface area contributed by atoms with Crippen LogP contribution in [0.15, 0.2) is 36.9 Å². The number of benzene rings is 2. The summed E-state index contributed by atoms with van der Waals surface area (Å²) in [5, 5.41) is 0. The molecule has 0 N–H and O–H groups in total. The second-order valence-corrected chi connectivity index (χ2v) is 9.11. The van der Waals surface area contributed by atoms with Crippen LogP contribution in [0.25, 0.3) is 11.1 Å². The fourth-order valence-corrected chi connectivity index (χ4v) is 4.93. The average Bonchev–Trinajstić information content (AvgIpc) is 2.84. The molecule has 0 radical (unpaired) electrons. The third-order valence-electron chi connectivity index (χ3n) is 6.92. The van der Waals surface area contributed by atoms with Crippen LogP contribution in [0.5, 0.6) is 0 Å². The molecule has 2 saturated heterocycles. The van der Waals surface area contributed by atoms with Crippen molar-refractivity contribution in [3.63, 3.8) is 0 Å². The molecular formula is C27H30F4O2. The quantitative estimate of drug-likeness (QED) is 0.322. The van der Waals surface area contributed by atoms with Gasteiger partial charge in [0.05, 0.1) is 25.4 Å². The number of hydrogen-bond acceptors (Lipinski definition) is 2. The lowest BCUT2D eigenvalue weighted by Crippen LogP contribution is -2.21. The first-order chi connectivity index (χ1) is 15.9. The van der Waals surface area contributed by atoms with Crippen LogP contribution < -0.4 is 0 Å². The van der Waals surface area contributed by atoms with Gasteiger partial charge in [0.2, 0.25) is 0 Å². The van der Waals surface area contributed by atoms with Crippen LogP contribution in [0.3, 0.4) is 0 Å². The molecule has 2 fully saturated rings. The molecular weight excluding hydrogens is 432 g/mol. The van der Waals surface area contributed by atoms with Gasteiger partial charge in [0.1, 0.15) is 0 Å². The highest BCUT2D eigenvalue weighted by Crippen LogP contribution is 2.39. The molecule has 4 atom stereocenters. The van der Waals surface area contributed by atoms with Crippen molar-refractivity contribution in [2.24, 2.45) is 11.8 Å². The molecule has 2 aromatic rings. The van der Waals surface area contributed by atoms with Crippen molar-refractivity contribution < 1.29 is 27.0 Å². The number of rotatable bonds is 6. The van der Waals surface area contributed by atoms with E-state index in [0.717, 1.165) is 25.7 Å². The first kappa shape index (κ1) is 24.0. The molecule has 0 aliphatic carbocycles. The van der Waals surface area contributed by atoms with E-state index in [2.05, 4.69) is 13.5 Å². The summed E-state index contributed by atoms with van der Waals surface area (Å²) >= 11 is 0. The summed E-state index contributed by atoms with van der Waals surface area (Å²) in [5.41, 5.74) is -0.411.